The highest BCUT2D eigenvalue weighted by molar-refractivity contribution is 5.72. The zero-order valence-electron chi connectivity index (χ0n) is 8.79. The van der Waals surface area contributed by atoms with Gasteiger partial charge < -0.3 is 10.1 Å². The highest BCUT2D eigenvalue weighted by Crippen LogP contribution is 2.19. The first kappa shape index (κ1) is 11.2. The van der Waals surface area contributed by atoms with E-state index in [0.717, 1.165) is 25.8 Å². The molecule has 0 radical (unpaired) electrons. The van der Waals surface area contributed by atoms with Gasteiger partial charge >= 0.3 is 5.97 Å². The monoisotopic (exact) mass is 197 g/mol. The molecule has 0 aromatic carbocycles. The Morgan fingerprint density at radius 1 is 1.71 bits per heavy atom. The van der Waals surface area contributed by atoms with Crippen LogP contribution in [0.1, 0.15) is 26.2 Å². The quantitative estimate of drug-likeness (QED) is 0.548. The Bertz CT molecular complexity index is 203. The SMILES string of the molecule is C=CCC1CC(C(=O)OCC)CCN1. The lowest BCUT2D eigenvalue weighted by Gasteiger charge is -2.28. The Hall–Kier alpha value is -0.830. The highest BCUT2D eigenvalue weighted by Gasteiger charge is 2.26. The summed E-state index contributed by atoms with van der Waals surface area (Å²) < 4.78 is 5.02. The van der Waals surface area contributed by atoms with E-state index in [1.54, 1.807) is 0 Å². The van der Waals surface area contributed by atoms with Crippen LogP contribution in [0.3, 0.4) is 0 Å². The summed E-state index contributed by atoms with van der Waals surface area (Å²) in [6.07, 6.45) is 4.60. The molecule has 0 aromatic heterocycles. The topological polar surface area (TPSA) is 38.3 Å². The summed E-state index contributed by atoms with van der Waals surface area (Å²) >= 11 is 0. The maximum absolute atomic E-state index is 11.5. The van der Waals surface area contributed by atoms with Gasteiger partial charge in [-0.3, -0.25) is 4.79 Å². The van der Waals surface area contributed by atoms with Crippen LogP contribution >= 0.6 is 0 Å². The Morgan fingerprint density at radius 3 is 3.14 bits per heavy atom. The third-order valence-electron chi connectivity index (χ3n) is 2.57. The van der Waals surface area contributed by atoms with Gasteiger partial charge in [0.05, 0.1) is 12.5 Å². The fourth-order valence-electron chi connectivity index (χ4n) is 1.86. The molecular weight excluding hydrogens is 178 g/mol. The molecule has 1 rings (SSSR count). The lowest BCUT2D eigenvalue weighted by Crippen LogP contribution is -2.40. The molecule has 0 bridgehead atoms. The largest absolute Gasteiger partial charge is 0.466 e. The first-order chi connectivity index (χ1) is 6.77. The summed E-state index contributed by atoms with van der Waals surface area (Å²) in [7, 11) is 0. The van der Waals surface area contributed by atoms with Crippen molar-refractivity contribution >= 4 is 5.97 Å². The molecule has 1 aliphatic heterocycles. The third-order valence-corrected chi connectivity index (χ3v) is 2.57. The van der Waals surface area contributed by atoms with E-state index < -0.39 is 0 Å². The molecule has 0 aromatic rings. The van der Waals surface area contributed by atoms with Gasteiger partial charge in [-0.1, -0.05) is 6.08 Å². The van der Waals surface area contributed by atoms with Crippen LogP contribution < -0.4 is 5.32 Å². The van der Waals surface area contributed by atoms with Gasteiger partial charge in [0, 0.05) is 6.04 Å². The minimum Gasteiger partial charge on any atom is -0.466 e. The lowest BCUT2D eigenvalue weighted by molar-refractivity contribution is -0.149. The van der Waals surface area contributed by atoms with Crippen LogP contribution in [0.25, 0.3) is 0 Å². The fourth-order valence-corrected chi connectivity index (χ4v) is 1.86. The van der Waals surface area contributed by atoms with E-state index in [1.807, 2.05) is 13.0 Å². The van der Waals surface area contributed by atoms with E-state index in [0.29, 0.717) is 12.6 Å². The Balaban J connectivity index is 2.38. The molecule has 0 amide bonds. The minimum atomic E-state index is -0.0388. The van der Waals surface area contributed by atoms with Crippen molar-refractivity contribution in [3.63, 3.8) is 0 Å². The number of hydrogen-bond donors (Lipinski definition) is 1. The van der Waals surface area contributed by atoms with Crippen molar-refractivity contribution in [3.8, 4) is 0 Å². The molecule has 0 spiro atoms. The van der Waals surface area contributed by atoms with Gasteiger partial charge in [-0.2, -0.15) is 0 Å². The van der Waals surface area contributed by atoms with Crippen molar-refractivity contribution in [2.75, 3.05) is 13.2 Å². The number of esters is 1. The first-order valence-corrected chi connectivity index (χ1v) is 5.28. The molecule has 1 saturated heterocycles. The molecule has 3 heteroatoms. The fraction of sp³-hybridized carbons (Fsp3) is 0.727. The summed E-state index contributed by atoms with van der Waals surface area (Å²) in [6, 6.07) is 0.399. The van der Waals surface area contributed by atoms with Crippen molar-refractivity contribution in [1.82, 2.24) is 5.32 Å². The summed E-state index contributed by atoms with van der Waals surface area (Å²) in [5, 5.41) is 3.37. The standard InChI is InChI=1S/C11H19NO2/c1-3-5-10-8-9(6-7-12-10)11(13)14-4-2/h3,9-10,12H,1,4-8H2,2H3. The van der Waals surface area contributed by atoms with Gasteiger partial charge in [0.2, 0.25) is 0 Å². The predicted octanol–water partition coefficient (Wildman–Crippen LogP) is 1.49. The number of rotatable bonds is 4. The van der Waals surface area contributed by atoms with Crippen LogP contribution in [0.5, 0.6) is 0 Å². The van der Waals surface area contributed by atoms with Crippen molar-refractivity contribution in [2.45, 2.75) is 32.2 Å². The van der Waals surface area contributed by atoms with Crippen molar-refractivity contribution in [3.05, 3.63) is 12.7 Å². The second-order valence-corrected chi connectivity index (χ2v) is 3.65. The Kier molecular flexibility index (Phi) is 4.66. The molecule has 1 N–H and O–H groups in total. The van der Waals surface area contributed by atoms with Crippen molar-refractivity contribution in [1.29, 1.82) is 0 Å². The summed E-state index contributed by atoms with van der Waals surface area (Å²) in [5.41, 5.74) is 0. The van der Waals surface area contributed by atoms with E-state index >= 15 is 0 Å². The highest BCUT2D eigenvalue weighted by atomic mass is 16.5. The van der Waals surface area contributed by atoms with Crippen LogP contribution in [0.15, 0.2) is 12.7 Å². The molecule has 1 fully saturated rings. The molecular formula is C11H19NO2. The number of carbonyl (C=O) groups is 1. The van der Waals surface area contributed by atoms with E-state index in [9.17, 15) is 4.79 Å². The molecule has 3 nitrogen and oxygen atoms in total. The molecule has 14 heavy (non-hydrogen) atoms. The molecule has 1 aliphatic rings. The second kappa shape index (κ2) is 5.81. The zero-order valence-corrected chi connectivity index (χ0v) is 8.79. The average Bonchev–Trinajstić information content (AvgIpc) is 2.19. The number of hydrogen-bond acceptors (Lipinski definition) is 3. The molecule has 2 atom stereocenters. The number of nitrogens with one attached hydrogen (secondary N) is 1. The van der Waals surface area contributed by atoms with E-state index in [2.05, 4.69) is 11.9 Å². The van der Waals surface area contributed by atoms with Crippen LogP contribution in [-0.2, 0) is 9.53 Å². The van der Waals surface area contributed by atoms with Gasteiger partial charge in [-0.15, -0.1) is 6.58 Å². The van der Waals surface area contributed by atoms with E-state index in [-0.39, 0.29) is 11.9 Å². The average molecular weight is 197 g/mol. The third kappa shape index (κ3) is 3.14. The maximum atomic E-state index is 11.5. The molecule has 0 aliphatic carbocycles. The van der Waals surface area contributed by atoms with Crippen LogP contribution in [-0.4, -0.2) is 25.2 Å². The van der Waals surface area contributed by atoms with Gasteiger partial charge in [0.25, 0.3) is 0 Å². The number of carbonyl (C=O) groups excluding carboxylic acids is 1. The maximum Gasteiger partial charge on any atom is 0.309 e. The smallest absolute Gasteiger partial charge is 0.309 e. The normalized spacial score (nSPS) is 26.9. The molecule has 0 saturated carbocycles. The molecule has 2 unspecified atom stereocenters. The lowest BCUT2D eigenvalue weighted by atomic mass is 9.91. The number of piperidine rings is 1. The molecule has 80 valence electrons. The van der Waals surface area contributed by atoms with E-state index in [1.165, 1.54) is 0 Å². The van der Waals surface area contributed by atoms with E-state index in [4.69, 9.17) is 4.74 Å². The van der Waals surface area contributed by atoms with Crippen LogP contribution in [0.4, 0.5) is 0 Å². The summed E-state index contributed by atoms with van der Waals surface area (Å²) in [6.45, 7) is 6.94. The van der Waals surface area contributed by atoms with Crippen molar-refractivity contribution in [2.24, 2.45) is 5.92 Å². The summed E-state index contributed by atoms with van der Waals surface area (Å²) in [5.74, 6) is 0.0456. The summed E-state index contributed by atoms with van der Waals surface area (Å²) in [4.78, 5) is 11.5. The first-order valence-electron chi connectivity index (χ1n) is 5.28. The van der Waals surface area contributed by atoms with Gasteiger partial charge in [-0.05, 0) is 32.7 Å². The van der Waals surface area contributed by atoms with Crippen molar-refractivity contribution < 1.29 is 9.53 Å². The minimum absolute atomic E-state index is 0.0388. The van der Waals surface area contributed by atoms with Gasteiger partial charge in [0.15, 0.2) is 0 Å². The van der Waals surface area contributed by atoms with Gasteiger partial charge in [0.1, 0.15) is 0 Å². The Morgan fingerprint density at radius 2 is 2.50 bits per heavy atom. The zero-order chi connectivity index (χ0) is 10.4. The predicted molar refractivity (Wildman–Crippen MR) is 56.0 cm³/mol. The van der Waals surface area contributed by atoms with Crippen LogP contribution in [0.2, 0.25) is 0 Å². The number of ether oxygens (including phenoxy) is 1. The molecule has 1 heterocycles. The second-order valence-electron chi connectivity index (χ2n) is 3.65. The van der Waals surface area contributed by atoms with Crippen LogP contribution in [0, 0.1) is 5.92 Å². The Labute approximate surface area is 85.5 Å². The van der Waals surface area contributed by atoms with Gasteiger partial charge in [-0.25, -0.2) is 0 Å².